The van der Waals surface area contributed by atoms with Crippen molar-refractivity contribution >= 4 is 11.7 Å². The van der Waals surface area contributed by atoms with Gasteiger partial charge in [0.1, 0.15) is 0 Å². The number of carbonyl (C=O) groups excluding carboxylic acids is 2. The van der Waals surface area contributed by atoms with Gasteiger partial charge in [-0.25, -0.2) is 0 Å². The molecule has 0 saturated carbocycles. The van der Waals surface area contributed by atoms with Crippen molar-refractivity contribution in [2.75, 3.05) is 72.4 Å². The van der Waals surface area contributed by atoms with E-state index in [1.807, 2.05) is 30.3 Å². The Morgan fingerprint density at radius 3 is 1.62 bits per heavy atom. The van der Waals surface area contributed by atoms with E-state index in [0.29, 0.717) is 38.3 Å². The van der Waals surface area contributed by atoms with Gasteiger partial charge >= 0.3 is 0 Å². The van der Waals surface area contributed by atoms with Crippen LogP contribution in [-0.2, 0) is 36.9 Å². The summed E-state index contributed by atoms with van der Waals surface area (Å²) in [5, 5.41) is 0. The van der Waals surface area contributed by atoms with Crippen LogP contribution in [0.15, 0.2) is 60.7 Å². The smallest absolute Gasteiger partial charge is 0.290 e. The van der Waals surface area contributed by atoms with Crippen molar-refractivity contribution in [3.8, 4) is 0 Å². The number of benzene rings is 2. The molecule has 1 amide bonds. The number of rotatable bonds is 6. The molecular formula is C43H64N4O5. The summed E-state index contributed by atoms with van der Waals surface area (Å²) in [5.74, 6) is 0.430. The molecule has 2 aromatic rings. The van der Waals surface area contributed by atoms with Crippen molar-refractivity contribution in [2.24, 2.45) is 11.8 Å². The number of ketones is 1. The van der Waals surface area contributed by atoms with E-state index in [9.17, 15) is 9.59 Å². The van der Waals surface area contributed by atoms with E-state index in [1.54, 1.807) is 4.90 Å². The molecule has 7 fully saturated rings. The number of likely N-dealkylation sites (tertiary alicyclic amines) is 4. The Hall–Kier alpha value is -2.66. The van der Waals surface area contributed by atoms with Gasteiger partial charge < -0.3 is 19.1 Å². The third-order valence-corrected chi connectivity index (χ3v) is 12.4. The predicted octanol–water partition coefficient (Wildman–Crippen LogP) is 5.66. The van der Waals surface area contributed by atoms with Crippen LogP contribution in [0.3, 0.4) is 0 Å². The average molecular weight is 717 g/mol. The first-order valence-corrected chi connectivity index (χ1v) is 20.0. The van der Waals surface area contributed by atoms with E-state index in [-0.39, 0.29) is 37.1 Å². The SMILES string of the molecule is C.C1CCOC1.O=C1C[C@H]2[C@@H](COC[C@@H]2N2CCCC2)N(Cc2ccccc2)C1=O.c1ccc(CN2CCC[C@H]3[C@H]2COC[C@@H]3N2CCCC2)cc1. The Morgan fingerprint density at radius 2 is 1.06 bits per heavy atom. The molecular weight excluding hydrogens is 652 g/mol. The second-order valence-electron chi connectivity index (χ2n) is 15.6. The summed E-state index contributed by atoms with van der Waals surface area (Å²) in [5.41, 5.74) is 2.49. The molecule has 7 aliphatic rings. The minimum absolute atomic E-state index is 0. The highest BCUT2D eigenvalue weighted by Crippen LogP contribution is 2.36. The lowest BCUT2D eigenvalue weighted by Crippen LogP contribution is -2.63. The Morgan fingerprint density at radius 1 is 0.538 bits per heavy atom. The summed E-state index contributed by atoms with van der Waals surface area (Å²) in [6, 6.07) is 22.4. The van der Waals surface area contributed by atoms with Gasteiger partial charge in [0.2, 0.25) is 5.78 Å². The molecule has 9 heteroatoms. The maximum absolute atomic E-state index is 12.5. The highest BCUT2D eigenvalue weighted by molar-refractivity contribution is 6.36. The number of carbonyl (C=O) groups is 2. The maximum Gasteiger partial charge on any atom is 0.290 e. The fourth-order valence-corrected chi connectivity index (χ4v) is 9.68. The summed E-state index contributed by atoms with van der Waals surface area (Å²) in [6.45, 7) is 12.7. The highest BCUT2D eigenvalue weighted by atomic mass is 16.5. The van der Waals surface area contributed by atoms with Crippen LogP contribution in [0, 0.1) is 11.8 Å². The molecule has 7 heterocycles. The van der Waals surface area contributed by atoms with E-state index in [4.69, 9.17) is 14.2 Å². The molecule has 0 N–H and O–H groups in total. The van der Waals surface area contributed by atoms with Gasteiger partial charge in [0.15, 0.2) is 0 Å². The van der Waals surface area contributed by atoms with E-state index >= 15 is 0 Å². The molecule has 7 saturated heterocycles. The summed E-state index contributed by atoms with van der Waals surface area (Å²) >= 11 is 0. The number of hydrogen-bond acceptors (Lipinski definition) is 8. The number of piperidine rings is 2. The molecule has 286 valence electrons. The molecule has 9 nitrogen and oxygen atoms in total. The molecule has 52 heavy (non-hydrogen) atoms. The molecule has 0 aliphatic carbocycles. The van der Waals surface area contributed by atoms with Crippen LogP contribution < -0.4 is 0 Å². The van der Waals surface area contributed by atoms with Gasteiger partial charge in [-0.3, -0.25) is 24.3 Å². The summed E-state index contributed by atoms with van der Waals surface area (Å²) < 4.78 is 16.9. The standard InChI is InChI=1S/C19H24N2O3.C19H28N2O.C4H8O.CH4/c22-18-10-15-16(20-8-4-5-9-20)12-24-13-17(15)21(19(18)23)11-14-6-2-1-3-7-14;1-2-7-16(8-3-1)13-21-12-6-9-17-18(14-22-15-19(17)21)20-10-4-5-11-20;1-2-4-5-3-1;/h1-3,6-7,15-17H,4-5,8-13H2;1-3,7-8,17-19H,4-6,9-15H2;1-4H2;1H4/t15-,16+,17-;17-,18+,19-;;/m11../s1. The quantitative estimate of drug-likeness (QED) is 0.355. The molecule has 0 bridgehead atoms. The first-order chi connectivity index (χ1) is 25.2. The second-order valence-corrected chi connectivity index (χ2v) is 15.6. The van der Waals surface area contributed by atoms with Crippen molar-refractivity contribution in [3.05, 3.63) is 71.8 Å². The normalized spacial score (nSPS) is 31.0. The lowest BCUT2D eigenvalue weighted by atomic mass is 9.80. The molecule has 0 spiro atoms. The predicted molar refractivity (Wildman–Crippen MR) is 205 cm³/mol. The van der Waals surface area contributed by atoms with Crippen LogP contribution >= 0.6 is 0 Å². The zero-order valence-corrected chi connectivity index (χ0v) is 30.6. The molecule has 6 atom stereocenters. The molecule has 0 aromatic heterocycles. The lowest BCUT2D eigenvalue weighted by molar-refractivity contribution is -0.161. The van der Waals surface area contributed by atoms with Crippen molar-refractivity contribution in [1.82, 2.24) is 19.6 Å². The van der Waals surface area contributed by atoms with Crippen molar-refractivity contribution < 1.29 is 23.8 Å². The number of amides is 1. The van der Waals surface area contributed by atoms with Crippen LogP contribution in [0.25, 0.3) is 0 Å². The third-order valence-electron chi connectivity index (χ3n) is 12.4. The van der Waals surface area contributed by atoms with E-state index < -0.39 is 0 Å². The Balaban J connectivity index is 0.000000155. The minimum Gasteiger partial charge on any atom is -0.381 e. The topological polar surface area (TPSA) is 74.8 Å². The van der Waals surface area contributed by atoms with Gasteiger partial charge in [-0.15, -0.1) is 0 Å². The third kappa shape index (κ3) is 9.71. The van der Waals surface area contributed by atoms with Crippen LogP contribution in [0.5, 0.6) is 0 Å². The van der Waals surface area contributed by atoms with Crippen LogP contribution in [0.1, 0.15) is 76.3 Å². The van der Waals surface area contributed by atoms with Crippen LogP contribution in [0.2, 0.25) is 0 Å². The van der Waals surface area contributed by atoms with E-state index in [1.165, 1.54) is 76.6 Å². The summed E-state index contributed by atoms with van der Waals surface area (Å²) in [6.07, 6.45) is 10.9. The van der Waals surface area contributed by atoms with Crippen molar-refractivity contribution in [2.45, 2.75) is 102 Å². The number of ether oxygens (including phenoxy) is 3. The molecule has 0 unspecified atom stereocenters. The van der Waals surface area contributed by atoms with Gasteiger partial charge in [0, 0.05) is 56.8 Å². The second kappa shape index (κ2) is 19.6. The van der Waals surface area contributed by atoms with Crippen molar-refractivity contribution in [1.29, 1.82) is 0 Å². The van der Waals surface area contributed by atoms with Gasteiger partial charge in [-0.05, 0) is 101 Å². The van der Waals surface area contributed by atoms with Crippen molar-refractivity contribution in [3.63, 3.8) is 0 Å². The first-order valence-electron chi connectivity index (χ1n) is 20.0. The Labute approximate surface area is 312 Å². The Bertz CT molecular complexity index is 1360. The van der Waals surface area contributed by atoms with Crippen LogP contribution in [-0.4, -0.2) is 128 Å². The maximum atomic E-state index is 12.5. The molecule has 0 radical (unpaired) electrons. The summed E-state index contributed by atoms with van der Waals surface area (Å²) in [7, 11) is 0. The number of hydrogen-bond donors (Lipinski definition) is 0. The fraction of sp³-hybridized carbons (Fsp3) is 0.674. The highest BCUT2D eigenvalue weighted by Gasteiger charge is 2.48. The van der Waals surface area contributed by atoms with E-state index in [0.717, 1.165) is 57.5 Å². The minimum atomic E-state index is -0.342. The van der Waals surface area contributed by atoms with Gasteiger partial charge in [0.25, 0.3) is 5.91 Å². The molecule has 9 rings (SSSR count). The largest absolute Gasteiger partial charge is 0.381 e. The van der Waals surface area contributed by atoms with Crippen LogP contribution in [0.4, 0.5) is 0 Å². The van der Waals surface area contributed by atoms with Gasteiger partial charge in [-0.2, -0.15) is 0 Å². The fourth-order valence-electron chi connectivity index (χ4n) is 9.68. The lowest BCUT2D eigenvalue weighted by Gasteiger charge is -2.49. The zero-order valence-electron chi connectivity index (χ0n) is 30.6. The Kier molecular flexibility index (Phi) is 14.7. The number of nitrogens with zero attached hydrogens (tertiary/aromatic N) is 4. The molecule has 2 aromatic carbocycles. The van der Waals surface area contributed by atoms with Gasteiger partial charge in [0.05, 0.1) is 32.5 Å². The van der Waals surface area contributed by atoms with Gasteiger partial charge in [-0.1, -0.05) is 68.1 Å². The van der Waals surface area contributed by atoms with E-state index in [2.05, 4.69) is 45.0 Å². The summed E-state index contributed by atoms with van der Waals surface area (Å²) in [4.78, 5) is 34.5. The molecule has 7 aliphatic heterocycles. The first kappa shape index (κ1) is 39.0. The average Bonchev–Trinajstić information content (AvgIpc) is 4.01. The number of fused-ring (bicyclic) bond motifs is 2. The number of Topliss-reactive ketones (excluding diaryl/α,β-unsaturated/α-hetero) is 1. The zero-order chi connectivity index (χ0) is 34.8. The monoisotopic (exact) mass is 716 g/mol.